The van der Waals surface area contributed by atoms with E-state index in [0.717, 1.165) is 39.8 Å². The van der Waals surface area contributed by atoms with Crippen LogP contribution in [0.1, 0.15) is 21.7 Å². The number of benzene rings is 2. The van der Waals surface area contributed by atoms with Gasteiger partial charge in [-0.2, -0.15) is 4.37 Å². The smallest absolute Gasteiger partial charge is 0.255 e. The molecule has 1 amide bonds. The van der Waals surface area contributed by atoms with Crippen molar-refractivity contribution in [3.05, 3.63) is 70.0 Å². The molecular weight excluding hydrogens is 452 g/mol. The summed E-state index contributed by atoms with van der Waals surface area (Å²) in [5.41, 5.74) is 1.83. The molecule has 0 aliphatic carbocycles. The highest BCUT2D eigenvalue weighted by molar-refractivity contribution is 9.10. The van der Waals surface area contributed by atoms with Gasteiger partial charge in [0.1, 0.15) is 11.6 Å². The van der Waals surface area contributed by atoms with Crippen molar-refractivity contribution in [2.75, 3.05) is 38.2 Å². The van der Waals surface area contributed by atoms with Gasteiger partial charge < -0.3 is 14.5 Å². The fraction of sp³-hybridized carbons (Fsp3) is 0.286. The Balaban J connectivity index is 1.37. The van der Waals surface area contributed by atoms with Crippen LogP contribution < -0.4 is 9.64 Å². The number of hydrogen-bond acceptors (Lipinski definition) is 6. The number of piperazine rings is 1. The number of carbonyl (C=O) groups excluding carboxylic acids is 1. The standard InChI is InChI=1S/C21H21BrN4O2S/c1-28-16-6-4-5-15(13-16)14-19-23-21(29-24-19)26-11-9-25(10-12-26)20(27)17-7-2-3-8-18(17)22/h2-8,13H,9-12,14H2,1H3. The van der Waals surface area contributed by atoms with Crippen LogP contribution in [0.25, 0.3) is 0 Å². The third-order valence-corrected chi connectivity index (χ3v) is 6.40. The van der Waals surface area contributed by atoms with Crippen LogP contribution in [0.4, 0.5) is 5.13 Å². The van der Waals surface area contributed by atoms with Gasteiger partial charge in [-0.25, -0.2) is 4.98 Å². The highest BCUT2D eigenvalue weighted by Crippen LogP contribution is 2.23. The second-order valence-electron chi connectivity index (χ2n) is 6.78. The van der Waals surface area contributed by atoms with E-state index in [1.807, 2.05) is 47.4 Å². The lowest BCUT2D eigenvalue weighted by atomic mass is 10.1. The Labute approximate surface area is 182 Å². The second kappa shape index (κ2) is 8.92. The summed E-state index contributed by atoms with van der Waals surface area (Å²) in [4.78, 5) is 21.6. The van der Waals surface area contributed by atoms with Gasteiger partial charge in [-0.15, -0.1) is 0 Å². The molecule has 3 aromatic rings. The number of amides is 1. The van der Waals surface area contributed by atoms with Gasteiger partial charge in [0.2, 0.25) is 5.13 Å². The third-order valence-electron chi connectivity index (χ3n) is 4.90. The van der Waals surface area contributed by atoms with Crippen LogP contribution in [0.2, 0.25) is 0 Å². The molecule has 0 bridgehead atoms. The maximum Gasteiger partial charge on any atom is 0.255 e. The molecule has 8 heteroatoms. The number of ether oxygens (including phenoxy) is 1. The van der Waals surface area contributed by atoms with Crippen LogP contribution in [-0.4, -0.2) is 53.5 Å². The minimum atomic E-state index is 0.0631. The molecule has 29 heavy (non-hydrogen) atoms. The van der Waals surface area contributed by atoms with Gasteiger partial charge in [-0.1, -0.05) is 24.3 Å². The van der Waals surface area contributed by atoms with Crippen molar-refractivity contribution in [3.63, 3.8) is 0 Å². The predicted octanol–water partition coefficient (Wildman–Crippen LogP) is 3.86. The van der Waals surface area contributed by atoms with E-state index in [1.54, 1.807) is 7.11 Å². The van der Waals surface area contributed by atoms with E-state index < -0.39 is 0 Å². The Morgan fingerprint density at radius 1 is 1.14 bits per heavy atom. The fourth-order valence-corrected chi connectivity index (χ4v) is 4.51. The van der Waals surface area contributed by atoms with Crippen LogP contribution in [0, 0.1) is 0 Å². The van der Waals surface area contributed by atoms with E-state index in [2.05, 4.69) is 31.3 Å². The molecule has 1 aliphatic rings. The number of anilines is 1. The van der Waals surface area contributed by atoms with Gasteiger partial charge in [-0.3, -0.25) is 4.79 Å². The summed E-state index contributed by atoms with van der Waals surface area (Å²) in [6.07, 6.45) is 0.675. The number of nitrogens with zero attached hydrogens (tertiary/aromatic N) is 4. The van der Waals surface area contributed by atoms with Crippen LogP contribution >= 0.6 is 27.5 Å². The molecule has 0 atom stereocenters. The van der Waals surface area contributed by atoms with Gasteiger partial charge in [0.25, 0.3) is 5.91 Å². The molecule has 6 nitrogen and oxygen atoms in total. The highest BCUT2D eigenvalue weighted by Gasteiger charge is 2.25. The van der Waals surface area contributed by atoms with Crippen molar-refractivity contribution in [2.24, 2.45) is 0 Å². The molecule has 1 aromatic heterocycles. The molecule has 2 aromatic carbocycles. The largest absolute Gasteiger partial charge is 0.497 e. The van der Waals surface area contributed by atoms with Gasteiger partial charge in [0, 0.05) is 48.6 Å². The molecule has 0 N–H and O–H groups in total. The summed E-state index contributed by atoms with van der Waals surface area (Å²) < 4.78 is 10.6. The zero-order valence-electron chi connectivity index (χ0n) is 16.0. The lowest BCUT2D eigenvalue weighted by Crippen LogP contribution is -2.48. The van der Waals surface area contributed by atoms with Gasteiger partial charge in [0.05, 0.1) is 12.7 Å². The molecule has 0 saturated carbocycles. The van der Waals surface area contributed by atoms with Crippen molar-refractivity contribution in [3.8, 4) is 5.75 Å². The first-order chi connectivity index (χ1) is 14.1. The van der Waals surface area contributed by atoms with Crippen molar-refractivity contribution in [1.82, 2.24) is 14.3 Å². The Morgan fingerprint density at radius 2 is 1.93 bits per heavy atom. The van der Waals surface area contributed by atoms with Crippen LogP contribution in [0.3, 0.4) is 0 Å². The fourth-order valence-electron chi connectivity index (χ4n) is 3.32. The lowest BCUT2D eigenvalue weighted by Gasteiger charge is -2.34. The third kappa shape index (κ3) is 4.59. The average molecular weight is 473 g/mol. The first-order valence-corrected chi connectivity index (χ1v) is 10.9. The Kier molecular flexibility index (Phi) is 6.10. The summed E-state index contributed by atoms with van der Waals surface area (Å²) in [7, 11) is 1.67. The van der Waals surface area contributed by atoms with Gasteiger partial charge in [0.15, 0.2) is 0 Å². The number of methoxy groups -OCH3 is 1. The van der Waals surface area contributed by atoms with Crippen molar-refractivity contribution in [1.29, 1.82) is 0 Å². The maximum absolute atomic E-state index is 12.8. The van der Waals surface area contributed by atoms with Crippen LogP contribution in [-0.2, 0) is 6.42 Å². The number of rotatable bonds is 5. The summed E-state index contributed by atoms with van der Waals surface area (Å²) in [5, 5.41) is 0.913. The predicted molar refractivity (Wildman–Crippen MR) is 118 cm³/mol. The molecule has 150 valence electrons. The quantitative estimate of drug-likeness (QED) is 0.564. The molecule has 4 rings (SSSR count). The molecule has 2 heterocycles. The van der Waals surface area contributed by atoms with Gasteiger partial charge >= 0.3 is 0 Å². The average Bonchev–Trinajstić information content (AvgIpc) is 3.22. The zero-order chi connectivity index (χ0) is 20.2. The number of halogens is 1. The minimum Gasteiger partial charge on any atom is -0.497 e. The Bertz CT molecular complexity index is 1000. The molecule has 1 aliphatic heterocycles. The monoisotopic (exact) mass is 472 g/mol. The lowest BCUT2D eigenvalue weighted by molar-refractivity contribution is 0.0746. The zero-order valence-corrected chi connectivity index (χ0v) is 18.4. The second-order valence-corrected chi connectivity index (χ2v) is 8.37. The Hall–Kier alpha value is -2.45. The molecule has 0 spiro atoms. The topological polar surface area (TPSA) is 58.6 Å². The van der Waals surface area contributed by atoms with E-state index in [4.69, 9.17) is 9.72 Å². The molecule has 1 fully saturated rings. The number of hydrogen-bond donors (Lipinski definition) is 0. The summed E-state index contributed by atoms with van der Waals surface area (Å²) >= 11 is 4.88. The van der Waals surface area contributed by atoms with Crippen LogP contribution in [0.15, 0.2) is 53.0 Å². The van der Waals surface area contributed by atoms with Gasteiger partial charge in [-0.05, 0) is 45.8 Å². The van der Waals surface area contributed by atoms with Crippen molar-refractivity contribution in [2.45, 2.75) is 6.42 Å². The number of carbonyl (C=O) groups is 1. The summed E-state index contributed by atoms with van der Waals surface area (Å²) in [6.45, 7) is 2.85. The highest BCUT2D eigenvalue weighted by atomic mass is 79.9. The normalized spacial score (nSPS) is 14.1. The molecule has 0 radical (unpaired) electrons. The van der Waals surface area contributed by atoms with Crippen molar-refractivity contribution >= 4 is 38.5 Å². The first-order valence-electron chi connectivity index (χ1n) is 9.38. The summed E-state index contributed by atoms with van der Waals surface area (Å²) in [5.74, 6) is 1.71. The van der Waals surface area contributed by atoms with Crippen molar-refractivity contribution < 1.29 is 9.53 Å². The summed E-state index contributed by atoms with van der Waals surface area (Å²) in [6, 6.07) is 15.5. The molecular formula is C21H21BrN4O2S. The van der Waals surface area contributed by atoms with E-state index in [9.17, 15) is 4.79 Å². The SMILES string of the molecule is COc1cccc(Cc2nsc(N3CCN(C(=O)c4ccccc4Br)CC3)n2)c1. The minimum absolute atomic E-state index is 0.0631. The number of aromatic nitrogens is 2. The van der Waals surface area contributed by atoms with E-state index in [1.165, 1.54) is 11.5 Å². The maximum atomic E-state index is 12.8. The van der Waals surface area contributed by atoms with E-state index >= 15 is 0 Å². The van der Waals surface area contributed by atoms with E-state index in [0.29, 0.717) is 25.1 Å². The molecule has 0 unspecified atom stereocenters. The first kappa shape index (κ1) is 19.8. The van der Waals surface area contributed by atoms with Crippen LogP contribution in [0.5, 0.6) is 5.75 Å². The molecule has 1 saturated heterocycles. The Morgan fingerprint density at radius 3 is 2.69 bits per heavy atom. The van der Waals surface area contributed by atoms with E-state index in [-0.39, 0.29) is 5.91 Å².